The quantitative estimate of drug-likeness (QED) is 0.672. The molecule has 1 heterocycles. The number of amides is 1. The van der Waals surface area contributed by atoms with Crippen LogP contribution in [0.25, 0.3) is 0 Å². The Hall–Kier alpha value is -2.33. The molecule has 0 bridgehead atoms. The number of anilines is 1. The maximum absolute atomic E-state index is 12.0. The van der Waals surface area contributed by atoms with Crippen LogP contribution >= 0.6 is 11.6 Å². The van der Waals surface area contributed by atoms with Gasteiger partial charge in [0, 0.05) is 18.8 Å². The lowest BCUT2D eigenvalue weighted by molar-refractivity contribution is 0.0955. The van der Waals surface area contributed by atoms with Crippen molar-refractivity contribution in [1.82, 2.24) is 5.43 Å². The summed E-state index contributed by atoms with van der Waals surface area (Å²) in [4.78, 5) is 14.4. The maximum atomic E-state index is 12.0. The van der Waals surface area contributed by atoms with Gasteiger partial charge in [0.25, 0.3) is 5.91 Å². The van der Waals surface area contributed by atoms with Gasteiger partial charge in [0.05, 0.1) is 16.8 Å². The van der Waals surface area contributed by atoms with Gasteiger partial charge in [-0.25, -0.2) is 5.43 Å². The molecule has 0 spiro atoms. The van der Waals surface area contributed by atoms with Crippen molar-refractivity contribution < 1.29 is 4.79 Å². The van der Waals surface area contributed by atoms with Crippen molar-refractivity contribution in [2.45, 2.75) is 19.3 Å². The zero-order chi connectivity index (χ0) is 16.8. The van der Waals surface area contributed by atoms with Crippen LogP contribution in [-0.4, -0.2) is 25.2 Å². The number of benzene rings is 2. The molecule has 1 aliphatic heterocycles. The molecule has 3 rings (SSSR count). The molecular formula is C19H20ClN3O. The van der Waals surface area contributed by atoms with E-state index in [1.165, 1.54) is 24.9 Å². The van der Waals surface area contributed by atoms with E-state index < -0.39 is 0 Å². The van der Waals surface area contributed by atoms with Crippen LogP contribution in [0.15, 0.2) is 53.6 Å². The standard InChI is InChI=1S/C19H20ClN3O/c20-18-7-3-2-6-17(18)19(24)22-21-14-15-8-10-16(11-9-15)23-12-4-1-5-13-23/h2-3,6-11,14H,1,4-5,12-13H2,(H,22,24). The molecule has 0 radical (unpaired) electrons. The summed E-state index contributed by atoms with van der Waals surface area (Å²) in [5.41, 5.74) is 5.10. The van der Waals surface area contributed by atoms with Crippen LogP contribution in [0, 0.1) is 0 Å². The number of carbonyl (C=O) groups excluding carboxylic acids is 1. The summed E-state index contributed by atoms with van der Waals surface area (Å²) in [5.74, 6) is -0.318. The summed E-state index contributed by atoms with van der Waals surface area (Å²) < 4.78 is 0. The van der Waals surface area contributed by atoms with Gasteiger partial charge in [-0.3, -0.25) is 4.79 Å². The van der Waals surface area contributed by atoms with Gasteiger partial charge < -0.3 is 4.90 Å². The largest absolute Gasteiger partial charge is 0.372 e. The summed E-state index contributed by atoms with van der Waals surface area (Å²) in [6, 6.07) is 15.1. The second-order valence-electron chi connectivity index (χ2n) is 5.82. The molecule has 1 saturated heterocycles. The topological polar surface area (TPSA) is 44.7 Å². The van der Waals surface area contributed by atoms with Gasteiger partial charge in [-0.05, 0) is 49.1 Å². The van der Waals surface area contributed by atoms with Gasteiger partial charge in [0.2, 0.25) is 0 Å². The average Bonchev–Trinajstić information content (AvgIpc) is 2.63. The number of carbonyl (C=O) groups is 1. The Bertz CT molecular complexity index is 722. The second kappa shape index (κ2) is 7.97. The van der Waals surface area contributed by atoms with E-state index in [0.29, 0.717) is 10.6 Å². The first kappa shape index (κ1) is 16.5. The lowest BCUT2D eigenvalue weighted by Gasteiger charge is -2.28. The first-order valence-corrected chi connectivity index (χ1v) is 8.55. The molecule has 2 aromatic carbocycles. The first-order chi connectivity index (χ1) is 11.7. The second-order valence-corrected chi connectivity index (χ2v) is 6.23. The van der Waals surface area contributed by atoms with E-state index in [4.69, 9.17) is 11.6 Å². The predicted octanol–water partition coefficient (Wildman–Crippen LogP) is 4.09. The Morgan fingerprint density at radius 2 is 1.75 bits per heavy atom. The van der Waals surface area contributed by atoms with E-state index in [1.807, 2.05) is 12.1 Å². The minimum atomic E-state index is -0.318. The van der Waals surface area contributed by atoms with E-state index in [-0.39, 0.29) is 5.91 Å². The number of nitrogens with zero attached hydrogens (tertiary/aromatic N) is 2. The Kier molecular flexibility index (Phi) is 5.49. The van der Waals surface area contributed by atoms with Crippen molar-refractivity contribution in [2.75, 3.05) is 18.0 Å². The molecule has 2 aromatic rings. The Labute approximate surface area is 147 Å². The molecule has 1 N–H and O–H groups in total. The first-order valence-electron chi connectivity index (χ1n) is 8.17. The Balaban J connectivity index is 1.58. The molecule has 4 nitrogen and oxygen atoms in total. The van der Waals surface area contributed by atoms with E-state index in [0.717, 1.165) is 18.7 Å². The number of hydrogen-bond donors (Lipinski definition) is 1. The van der Waals surface area contributed by atoms with Crippen LogP contribution in [0.5, 0.6) is 0 Å². The molecule has 0 unspecified atom stereocenters. The normalized spacial score (nSPS) is 14.8. The van der Waals surface area contributed by atoms with Gasteiger partial charge in [0.1, 0.15) is 0 Å². The van der Waals surface area contributed by atoms with E-state index in [2.05, 4.69) is 27.6 Å². The van der Waals surface area contributed by atoms with Crippen LogP contribution in [-0.2, 0) is 0 Å². The van der Waals surface area contributed by atoms with Crippen molar-refractivity contribution in [2.24, 2.45) is 5.10 Å². The molecule has 0 aliphatic carbocycles. The smallest absolute Gasteiger partial charge is 0.272 e. The zero-order valence-corrected chi connectivity index (χ0v) is 14.2. The van der Waals surface area contributed by atoms with Crippen LogP contribution < -0.4 is 10.3 Å². The van der Waals surface area contributed by atoms with Gasteiger partial charge in [-0.2, -0.15) is 5.10 Å². The summed E-state index contributed by atoms with van der Waals surface area (Å²) in [6.45, 7) is 2.25. The van der Waals surface area contributed by atoms with Crippen molar-refractivity contribution >= 4 is 29.4 Å². The van der Waals surface area contributed by atoms with Crippen molar-refractivity contribution in [1.29, 1.82) is 0 Å². The SMILES string of the molecule is O=C(NN=Cc1ccc(N2CCCCC2)cc1)c1ccccc1Cl. The number of piperidine rings is 1. The highest BCUT2D eigenvalue weighted by molar-refractivity contribution is 6.33. The van der Waals surface area contributed by atoms with Gasteiger partial charge in [-0.15, -0.1) is 0 Å². The number of hydrazone groups is 1. The van der Waals surface area contributed by atoms with Crippen molar-refractivity contribution in [3.8, 4) is 0 Å². The zero-order valence-electron chi connectivity index (χ0n) is 13.4. The van der Waals surface area contributed by atoms with Crippen LogP contribution in [0.4, 0.5) is 5.69 Å². The summed E-state index contributed by atoms with van der Waals surface area (Å²) in [6.07, 6.45) is 5.48. The molecule has 0 saturated carbocycles. The summed E-state index contributed by atoms with van der Waals surface area (Å²) in [5, 5.41) is 4.42. The van der Waals surface area contributed by atoms with E-state index in [9.17, 15) is 4.79 Å². The van der Waals surface area contributed by atoms with Gasteiger partial charge in [0.15, 0.2) is 0 Å². The number of rotatable bonds is 4. The molecule has 1 aliphatic rings. The Morgan fingerprint density at radius 3 is 2.46 bits per heavy atom. The molecule has 0 atom stereocenters. The molecule has 1 amide bonds. The third-order valence-corrected chi connectivity index (χ3v) is 4.44. The fourth-order valence-electron chi connectivity index (χ4n) is 2.79. The van der Waals surface area contributed by atoms with Gasteiger partial charge >= 0.3 is 0 Å². The fraction of sp³-hybridized carbons (Fsp3) is 0.263. The van der Waals surface area contributed by atoms with Gasteiger partial charge in [-0.1, -0.05) is 35.9 Å². The lowest BCUT2D eigenvalue weighted by Crippen LogP contribution is -2.29. The third-order valence-electron chi connectivity index (χ3n) is 4.11. The highest BCUT2D eigenvalue weighted by atomic mass is 35.5. The maximum Gasteiger partial charge on any atom is 0.272 e. The minimum absolute atomic E-state index is 0.318. The molecule has 0 aromatic heterocycles. The monoisotopic (exact) mass is 341 g/mol. The fourth-order valence-corrected chi connectivity index (χ4v) is 3.02. The third kappa shape index (κ3) is 4.15. The van der Waals surface area contributed by atoms with Crippen molar-refractivity contribution in [3.63, 3.8) is 0 Å². The predicted molar refractivity (Wildman–Crippen MR) is 99.0 cm³/mol. The highest BCUT2D eigenvalue weighted by Gasteiger charge is 2.10. The van der Waals surface area contributed by atoms with E-state index in [1.54, 1.807) is 30.5 Å². The van der Waals surface area contributed by atoms with Crippen LogP contribution in [0.1, 0.15) is 35.2 Å². The number of halogens is 1. The summed E-state index contributed by atoms with van der Waals surface area (Å²) in [7, 11) is 0. The number of hydrogen-bond acceptors (Lipinski definition) is 3. The Morgan fingerprint density at radius 1 is 1.04 bits per heavy atom. The van der Waals surface area contributed by atoms with Crippen LogP contribution in [0.3, 0.4) is 0 Å². The molecule has 5 heteroatoms. The molecule has 24 heavy (non-hydrogen) atoms. The highest BCUT2D eigenvalue weighted by Crippen LogP contribution is 2.19. The summed E-state index contributed by atoms with van der Waals surface area (Å²) >= 11 is 5.99. The lowest BCUT2D eigenvalue weighted by atomic mass is 10.1. The minimum Gasteiger partial charge on any atom is -0.372 e. The molecule has 1 fully saturated rings. The number of nitrogens with one attached hydrogen (secondary N) is 1. The average molecular weight is 342 g/mol. The molecule has 124 valence electrons. The van der Waals surface area contributed by atoms with Crippen molar-refractivity contribution in [3.05, 3.63) is 64.7 Å². The van der Waals surface area contributed by atoms with E-state index >= 15 is 0 Å². The van der Waals surface area contributed by atoms with Crippen LogP contribution in [0.2, 0.25) is 5.02 Å². The molecular weight excluding hydrogens is 322 g/mol.